The highest BCUT2D eigenvalue weighted by Gasteiger charge is 2.15. The van der Waals surface area contributed by atoms with E-state index in [0.29, 0.717) is 6.10 Å². The summed E-state index contributed by atoms with van der Waals surface area (Å²) in [6, 6.07) is 2.12. The predicted molar refractivity (Wildman–Crippen MR) is 54.5 cm³/mol. The Morgan fingerprint density at radius 2 is 2.31 bits per heavy atom. The van der Waals surface area contributed by atoms with Crippen LogP contribution in [0.3, 0.4) is 0 Å². The van der Waals surface area contributed by atoms with Crippen LogP contribution in [-0.2, 0) is 11.4 Å². The highest BCUT2D eigenvalue weighted by atomic mass is 32.1. The summed E-state index contributed by atoms with van der Waals surface area (Å²) in [6.45, 7) is 0.833. The van der Waals surface area contributed by atoms with Gasteiger partial charge in [0.2, 0.25) is 0 Å². The Balaban J connectivity index is 1.63. The first-order valence-corrected chi connectivity index (χ1v) is 5.79. The Labute approximate surface area is 82.9 Å². The van der Waals surface area contributed by atoms with Crippen molar-refractivity contribution < 1.29 is 4.84 Å². The average molecular weight is 197 g/mol. The predicted octanol–water partition coefficient (Wildman–Crippen LogP) is 2.71. The lowest BCUT2D eigenvalue weighted by Crippen LogP contribution is -2.20. The van der Waals surface area contributed by atoms with Crippen molar-refractivity contribution in [2.75, 3.05) is 0 Å². The van der Waals surface area contributed by atoms with Gasteiger partial charge < -0.3 is 0 Å². The van der Waals surface area contributed by atoms with E-state index in [1.807, 2.05) is 0 Å². The molecule has 0 atom stereocenters. The summed E-state index contributed by atoms with van der Waals surface area (Å²) in [5.74, 6) is 0. The molecular formula is C10H15NOS. The minimum absolute atomic E-state index is 0.457. The van der Waals surface area contributed by atoms with Gasteiger partial charge in [-0.25, -0.2) is 0 Å². The van der Waals surface area contributed by atoms with E-state index < -0.39 is 0 Å². The second kappa shape index (κ2) is 4.74. The largest absolute Gasteiger partial charge is 0.298 e. The average Bonchev–Trinajstić information content (AvgIpc) is 2.75. The fourth-order valence-corrected chi connectivity index (χ4v) is 2.31. The summed E-state index contributed by atoms with van der Waals surface area (Å²) < 4.78 is 0. The molecule has 0 radical (unpaired) electrons. The molecule has 13 heavy (non-hydrogen) atoms. The monoisotopic (exact) mass is 197 g/mol. The maximum Gasteiger partial charge on any atom is 0.0790 e. The zero-order chi connectivity index (χ0) is 8.93. The first-order valence-electron chi connectivity index (χ1n) is 4.85. The second-order valence-corrected chi connectivity index (χ2v) is 4.26. The number of hydrogen-bond donors (Lipinski definition) is 1. The summed E-state index contributed by atoms with van der Waals surface area (Å²) in [6.07, 6.45) is 5.54. The van der Waals surface area contributed by atoms with Gasteiger partial charge >= 0.3 is 0 Å². The molecule has 0 bridgehead atoms. The molecule has 1 N–H and O–H groups in total. The van der Waals surface area contributed by atoms with E-state index in [4.69, 9.17) is 4.84 Å². The van der Waals surface area contributed by atoms with Crippen molar-refractivity contribution in [2.24, 2.45) is 0 Å². The molecule has 1 aliphatic carbocycles. The van der Waals surface area contributed by atoms with Crippen LogP contribution in [0.2, 0.25) is 0 Å². The fraction of sp³-hybridized carbons (Fsp3) is 0.600. The number of thiophene rings is 1. The molecule has 2 rings (SSSR count). The third-order valence-corrected chi connectivity index (χ3v) is 3.14. The minimum Gasteiger partial charge on any atom is -0.298 e. The van der Waals surface area contributed by atoms with Gasteiger partial charge in [-0.15, -0.1) is 0 Å². The van der Waals surface area contributed by atoms with Crippen LogP contribution in [0.1, 0.15) is 31.2 Å². The SMILES string of the molecule is c1cc(CNOC2CCCC2)cs1. The van der Waals surface area contributed by atoms with Crippen molar-refractivity contribution in [3.05, 3.63) is 22.4 Å². The molecule has 0 spiro atoms. The van der Waals surface area contributed by atoms with Gasteiger partial charge in [-0.2, -0.15) is 16.8 Å². The molecule has 1 aliphatic rings. The van der Waals surface area contributed by atoms with Gasteiger partial charge in [-0.05, 0) is 35.2 Å². The van der Waals surface area contributed by atoms with Crippen LogP contribution >= 0.6 is 11.3 Å². The number of rotatable bonds is 4. The van der Waals surface area contributed by atoms with Gasteiger partial charge in [0.1, 0.15) is 0 Å². The van der Waals surface area contributed by atoms with Crippen LogP contribution in [0, 0.1) is 0 Å². The van der Waals surface area contributed by atoms with Gasteiger partial charge in [0, 0.05) is 6.54 Å². The van der Waals surface area contributed by atoms with E-state index in [-0.39, 0.29) is 0 Å². The lowest BCUT2D eigenvalue weighted by atomic mass is 10.3. The lowest BCUT2D eigenvalue weighted by Gasteiger charge is -2.10. The van der Waals surface area contributed by atoms with Gasteiger partial charge in [-0.1, -0.05) is 12.8 Å². The Bertz CT molecular complexity index is 229. The van der Waals surface area contributed by atoms with Gasteiger partial charge in [0.15, 0.2) is 0 Å². The molecule has 0 unspecified atom stereocenters. The molecule has 1 heterocycles. The van der Waals surface area contributed by atoms with Gasteiger partial charge in [0.05, 0.1) is 6.10 Å². The van der Waals surface area contributed by atoms with E-state index in [1.54, 1.807) is 11.3 Å². The molecule has 1 aromatic heterocycles. The zero-order valence-corrected chi connectivity index (χ0v) is 8.48. The van der Waals surface area contributed by atoms with Crippen LogP contribution < -0.4 is 5.48 Å². The molecule has 3 heteroatoms. The zero-order valence-electron chi connectivity index (χ0n) is 7.66. The number of hydroxylamine groups is 1. The summed E-state index contributed by atoms with van der Waals surface area (Å²) in [5.41, 5.74) is 4.34. The molecule has 0 aliphatic heterocycles. The molecule has 2 nitrogen and oxygen atoms in total. The Morgan fingerprint density at radius 3 is 3.00 bits per heavy atom. The van der Waals surface area contributed by atoms with E-state index in [2.05, 4.69) is 22.3 Å². The maximum absolute atomic E-state index is 5.53. The van der Waals surface area contributed by atoms with Crippen LogP contribution in [-0.4, -0.2) is 6.10 Å². The molecular weight excluding hydrogens is 182 g/mol. The minimum atomic E-state index is 0.457. The molecule has 0 aromatic carbocycles. The van der Waals surface area contributed by atoms with E-state index in [9.17, 15) is 0 Å². The molecule has 1 fully saturated rings. The van der Waals surface area contributed by atoms with E-state index >= 15 is 0 Å². The summed E-state index contributed by atoms with van der Waals surface area (Å²) in [4.78, 5) is 5.53. The normalized spacial score (nSPS) is 18.2. The molecule has 1 saturated carbocycles. The van der Waals surface area contributed by atoms with Crippen LogP contribution in [0.15, 0.2) is 16.8 Å². The quantitative estimate of drug-likeness (QED) is 0.749. The topological polar surface area (TPSA) is 21.3 Å². The lowest BCUT2D eigenvalue weighted by molar-refractivity contribution is -0.0243. The maximum atomic E-state index is 5.53. The number of nitrogens with one attached hydrogen (secondary N) is 1. The Kier molecular flexibility index (Phi) is 3.35. The molecule has 0 saturated heterocycles. The van der Waals surface area contributed by atoms with Crippen molar-refractivity contribution in [1.82, 2.24) is 5.48 Å². The van der Waals surface area contributed by atoms with Crippen molar-refractivity contribution in [3.63, 3.8) is 0 Å². The van der Waals surface area contributed by atoms with Crippen LogP contribution in [0.4, 0.5) is 0 Å². The highest BCUT2D eigenvalue weighted by Crippen LogP contribution is 2.20. The highest BCUT2D eigenvalue weighted by molar-refractivity contribution is 7.07. The molecule has 72 valence electrons. The Morgan fingerprint density at radius 1 is 1.46 bits per heavy atom. The summed E-state index contributed by atoms with van der Waals surface area (Å²) in [7, 11) is 0. The molecule has 1 aromatic rings. The van der Waals surface area contributed by atoms with Crippen molar-refractivity contribution in [3.8, 4) is 0 Å². The smallest absolute Gasteiger partial charge is 0.0790 e. The van der Waals surface area contributed by atoms with Crippen LogP contribution in [0.5, 0.6) is 0 Å². The number of hydrogen-bond acceptors (Lipinski definition) is 3. The van der Waals surface area contributed by atoms with Crippen molar-refractivity contribution in [1.29, 1.82) is 0 Å². The first kappa shape index (κ1) is 9.19. The third kappa shape index (κ3) is 2.79. The van der Waals surface area contributed by atoms with Crippen molar-refractivity contribution >= 4 is 11.3 Å². The summed E-state index contributed by atoms with van der Waals surface area (Å²) >= 11 is 1.73. The van der Waals surface area contributed by atoms with Gasteiger partial charge in [0.25, 0.3) is 0 Å². The second-order valence-electron chi connectivity index (χ2n) is 3.48. The summed E-state index contributed by atoms with van der Waals surface area (Å²) in [5, 5.41) is 4.23. The Hall–Kier alpha value is -0.380. The van der Waals surface area contributed by atoms with Crippen LogP contribution in [0.25, 0.3) is 0 Å². The van der Waals surface area contributed by atoms with Gasteiger partial charge in [-0.3, -0.25) is 4.84 Å². The fourth-order valence-electron chi connectivity index (χ4n) is 1.64. The standard InChI is InChI=1S/C10H15NOS/c1-2-4-10(3-1)12-11-7-9-5-6-13-8-9/h5-6,8,10-11H,1-4,7H2. The first-order chi connectivity index (χ1) is 6.45. The third-order valence-electron chi connectivity index (χ3n) is 2.41. The van der Waals surface area contributed by atoms with Crippen molar-refractivity contribution in [2.45, 2.75) is 38.3 Å². The molecule has 0 amide bonds. The van der Waals surface area contributed by atoms with E-state index in [0.717, 1.165) is 6.54 Å². The van der Waals surface area contributed by atoms with E-state index in [1.165, 1.54) is 31.2 Å².